The van der Waals surface area contributed by atoms with Crippen LogP contribution < -0.4 is 0 Å². The molecule has 0 spiro atoms. The molecule has 2 atom stereocenters. The molecule has 2 aromatic rings. The fourth-order valence-corrected chi connectivity index (χ4v) is 3.98. The van der Waals surface area contributed by atoms with E-state index >= 15 is 0 Å². The van der Waals surface area contributed by atoms with Gasteiger partial charge in [0.25, 0.3) is 0 Å². The summed E-state index contributed by atoms with van der Waals surface area (Å²) in [6.45, 7) is 5.75. The van der Waals surface area contributed by atoms with Crippen molar-refractivity contribution in [3.8, 4) is 0 Å². The van der Waals surface area contributed by atoms with Crippen molar-refractivity contribution in [2.45, 2.75) is 57.7 Å². The standard InChI is InChI=1S/C20H25N3O2/c1-20(2,3)25-19(24)23-16-7-8-17(23)10-15(9-16)13-5-6-14-12-22(4)21-18(14)11-13/h5-6,9,11-12,16-17H,7-8,10H2,1-4H3. The number of hydrogen-bond acceptors (Lipinski definition) is 3. The van der Waals surface area contributed by atoms with Gasteiger partial charge < -0.3 is 4.74 Å². The van der Waals surface area contributed by atoms with Crippen LogP contribution in [0.25, 0.3) is 16.5 Å². The zero-order chi connectivity index (χ0) is 17.8. The van der Waals surface area contributed by atoms with E-state index in [0.717, 1.165) is 30.2 Å². The molecule has 3 heterocycles. The lowest BCUT2D eigenvalue weighted by Gasteiger charge is -2.35. The van der Waals surface area contributed by atoms with Crippen LogP contribution in [0, 0.1) is 0 Å². The molecule has 1 saturated heterocycles. The molecule has 2 bridgehead atoms. The smallest absolute Gasteiger partial charge is 0.411 e. The Hall–Kier alpha value is -2.30. The first-order valence-electron chi connectivity index (χ1n) is 8.96. The van der Waals surface area contributed by atoms with Gasteiger partial charge in [0.05, 0.1) is 11.6 Å². The highest BCUT2D eigenvalue weighted by molar-refractivity contribution is 5.84. The van der Waals surface area contributed by atoms with Crippen molar-refractivity contribution in [3.63, 3.8) is 0 Å². The van der Waals surface area contributed by atoms with E-state index in [1.165, 1.54) is 11.1 Å². The van der Waals surface area contributed by atoms with Gasteiger partial charge in [-0.15, -0.1) is 0 Å². The van der Waals surface area contributed by atoms with Crippen molar-refractivity contribution in [1.82, 2.24) is 14.7 Å². The number of nitrogens with zero attached hydrogens (tertiary/aromatic N) is 3. The van der Waals surface area contributed by atoms with Crippen molar-refractivity contribution >= 4 is 22.6 Å². The topological polar surface area (TPSA) is 47.4 Å². The maximum absolute atomic E-state index is 12.6. The normalized spacial score (nSPS) is 23.0. The number of hydrogen-bond donors (Lipinski definition) is 0. The van der Waals surface area contributed by atoms with E-state index < -0.39 is 5.60 Å². The Morgan fingerprint density at radius 2 is 2.08 bits per heavy atom. The number of carbonyl (C=O) groups excluding carboxylic acids is 1. The van der Waals surface area contributed by atoms with Gasteiger partial charge in [-0.2, -0.15) is 5.10 Å². The Balaban J connectivity index is 1.61. The van der Waals surface area contributed by atoms with E-state index in [-0.39, 0.29) is 18.2 Å². The Kier molecular flexibility index (Phi) is 3.63. The summed E-state index contributed by atoms with van der Waals surface area (Å²) in [6.07, 6.45) is 7.03. The fraction of sp³-hybridized carbons (Fsp3) is 0.500. The van der Waals surface area contributed by atoms with Crippen LogP contribution in [-0.4, -0.2) is 38.5 Å². The second kappa shape index (κ2) is 5.61. The summed E-state index contributed by atoms with van der Waals surface area (Å²) in [6, 6.07) is 6.82. The molecule has 0 saturated carbocycles. The first-order valence-corrected chi connectivity index (χ1v) is 8.96. The van der Waals surface area contributed by atoms with Crippen LogP contribution in [0.1, 0.15) is 45.6 Å². The monoisotopic (exact) mass is 339 g/mol. The minimum Gasteiger partial charge on any atom is -0.444 e. The second-order valence-corrected chi connectivity index (χ2v) is 8.16. The third-order valence-corrected chi connectivity index (χ3v) is 4.99. The number of amides is 1. The summed E-state index contributed by atoms with van der Waals surface area (Å²) in [7, 11) is 1.94. The Morgan fingerprint density at radius 3 is 2.80 bits per heavy atom. The average Bonchev–Trinajstić information content (AvgIpc) is 3.01. The lowest BCUT2D eigenvalue weighted by molar-refractivity contribution is 0.0175. The lowest BCUT2D eigenvalue weighted by Crippen LogP contribution is -2.45. The Labute approximate surface area is 148 Å². The second-order valence-electron chi connectivity index (χ2n) is 8.16. The van der Waals surface area contributed by atoms with Gasteiger partial charge >= 0.3 is 6.09 Å². The third kappa shape index (κ3) is 3.03. The molecule has 2 aliphatic rings. The minimum absolute atomic E-state index is 0.142. The van der Waals surface area contributed by atoms with Crippen LogP contribution in [-0.2, 0) is 11.8 Å². The van der Waals surface area contributed by atoms with E-state index in [4.69, 9.17) is 4.74 Å². The summed E-state index contributed by atoms with van der Waals surface area (Å²) >= 11 is 0. The molecule has 132 valence electrons. The van der Waals surface area contributed by atoms with Crippen LogP contribution in [0.3, 0.4) is 0 Å². The number of aryl methyl sites for hydroxylation is 1. The fourth-order valence-electron chi connectivity index (χ4n) is 3.98. The molecule has 1 amide bonds. The molecule has 0 aliphatic carbocycles. The highest BCUT2D eigenvalue weighted by atomic mass is 16.6. The summed E-state index contributed by atoms with van der Waals surface area (Å²) in [5.74, 6) is 0. The maximum atomic E-state index is 12.6. The molecule has 1 aromatic carbocycles. The molecule has 25 heavy (non-hydrogen) atoms. The third-order valence-electron chi connectivity index (χ3n) is 4.99. The van der Waals surface area contributed by atoms with Gasteiger partial charge in [0.1, 0.15) is 5.60 Å². The Morgan fingerprint density at radius 1 is 1.28 bits per heavy atom. The van der Waals surface area contributed by atoms with Crippen LogP contribution in [0.5, 0.6) is 0 Å². The molecule has 2 aliphatic heterocycles. The maximum Gasteiger partial charge on any atom is 0.411 e. The average molecular weight is 339 g/mol. The van der Waals surface area contributed by atoms with E-state index in [1.54, 1.807) is 0 Å². The molecular formula is C20H25N3O2. The van der Waals surface area contributed by atoms with Gasteiger partial charge in [0, 0.05) is 24.7 Å². The first-order chi connectivity index (χ1) is 11.8. The summed E-state index contributed by atoms with van der Waals surface area (Å²) < 4.78 is 7.45. The van der Waals surface area contributed by atoms with Crippen LogP contribution in [0.2, 0.25) is 0 Å². The van der Waals surface area contributed by atoms with E-state index in [0.29, 0.717) is 0 Å². The van der Waals surface area contributed by atoms with Gasteiger partial charge in [-0.3, -0.25) is 9.58 Å². The lowest BCUT2D eigenvalue weighted by atomic mass is 9.94. The van der Waals surface area contributed by atoms with E-state index in [1.807, 2.05) is 43.6 Å². The zero-order valence-corrected chi connectivity index (χ0v) is 15.3. The molecule has 5 heteroatoms. The van der Waals surface area contributed by atoms with Crippen LogP contribution >= 0.6 is 0 Å². The molecule has 1 aromatic heterocycles. The van der Waals surface area contributed by atoms with Gasteiger partial charge in [0.15, 0.2) is 0 Å². The molecule has 5 nitrogen and oxygen atoms in total. The van der Waals surface area contributed by atoms with E-state index in [2.05, 4.69) is 29.4 Å². The number of rotatable bonds is 1. The van der Waals surface area contributed by atoms with Crippen LogP contribution in [0.4, 0.5) is 4.79 Å². The highest BCUT2D eigenvalue weighted by Gasteiger charge is 2.41. The molecule has 0 N–H and O–H groups in total. The quantitative estimate of drug-likeness (QED) is 0.785. The first kappa shape index (κ1) is 16.2. The number of benzene rings is 1. The van der Waals surface area contributed by atoms with Crippen LogP contribution in [0.15, 0.2) is 30.5 Å². The molecule has 2 unspecified atom stereocenters. The predicted molar refractivity (Wildman–Crippen MR) is 98.2 cm³/mol. The van der Waals surface area contributed by atoms with Crippen molar-refractivity contribution in [2.24, 2.45) is 7.05 Å². The molecular weight excluding hydrogens is 314 g/mol. The minimum atomic E-state index is -0.454. The largest absolute Gasteiger partial charge is 0.444 e. The van der Waals surface area contributed by atoms with Gasteiger partial charge in [0.2, 0.25) is 0 Å². The van der Waals surface area contributed by atoms with Gasteiger partial charge in [-0.05, 0) is 57.2 Å². The molecule has 0 radical (unpaired) electrons. The number of aromatic nitrogens is 2. The van der Waals surface area contributed by atoms with Crippen molar-refractivity contribution in [2.75, 3.05) is 0 Å². The van der Waals surface area contributed by atoms with Gasteiger partial charge in [-0.25, -0.2) is 4.79 Å². The number of carbonyl (C=O) groups is 1. The Bertz CT molecular complexity index is 859. The zero-order valence-electron chi connectivity index (χ0n) is 15.3. The van der Waals surface area contributed by atoms with Gasteiger partial charge in [-0.1, -0.05) is 18.2 Å². The van der Waals surface area contributed by atoms with Crippen molar-refractivity contribution < 1.29 is 9.53 Å². The number of ether oxygens (including phenoxy) is 1. The molecule has 4 rings (SSSR count). The van der Waals surface area contributed by atoms with Crippen molar-refractivity contribution in [3.05, 3.63) is 36.0 Å². The summed E-state index contributed by atoms with van der Waals surface area (Å²) in [5, 5.41) is 5.66. The van der Waals surface area contributed by atoms with E-state index in [9.17, 15) is 4.79 Å². The SMILES string of the molecule is Cn1cc2ccc(C3=CC4CCC(C3)N4C(=O)OC(C)(C)C)cc2n1. The summed E-state index contributed by atoms with van der Waals surface area (Å²) in [4.78, 5) is 14.5. The molecule has 1 fully saturated rings. The predicted octanol–water partition coefficient (Wildman–Crippen LogP) is 4.13. The number of fused-ring (bicyclic) bond motifs is 3. The summed E-state index contributed by atoms with van der Waals surface area (Å²) in [5.41, 5.74) is 3.10. The highest BCUT2D eigenvalue weighted by Crippen LogP contribution is 2.39. The van der Waals surface area contributed by atoms with Crippen molar-refractivity contribution in [1.29, 1.82) is 0 Å².